The van der Waals surface area contributed by atoms with E-state index in [1.54, 1.807) is 7.05 Å². The molecule has 0 aliphatic carbocycles. The number of carbonyl (C=O) groups is 1. The molecule has 0 bridgehead atoms. The van der Waals surface area contributed by atoms with E-state index in [1.807, 2.05) is 33.0 Å². The van der Waals surface area contributed by atoms with Crippen molar-refractivity contribution in [1.82, 2.24) is 9.88 Å². The van der Waals surface area contributed by atoms with Gasteiger partial charge in [0.1, 0.15) is 11.4 Å². The number of nitrogens with zero attached hydrogens (tertiary/aromatic N) is 3. The summed E-state index contributed by atoms with van der Waals surface area (Å²) >= 11 is 0. The van der Waals surface area contributed by atoms with Gasteiger partial charge in [-0.1, -0.05) is 25.8 Å². The van der Waals surface area contributed by atoms with Crippen molar-refractivity contribution < 1.29 is 9.53 Å². The molecule has 25 heavy (non-hydrogen) atoms. The van der Waals surface area contributed by atoms with Crippen molar-refractivity contribution in [2.24, 2.45) is 0 Å². The summed E-state index contributed by atoms with van der Waals surface area (Å²) in [4.78, 5) is 20.7. The fraction of sp³-hybridized carbons (Fsp3) is 0.700. The standard InChI is InChI=1S/C20H33N3O2/c1-6-7-13-23-14-9-8-10-17(23)16-11-12-18(21-15-16)22(5)19(24)25-20(2,3)4/h11-12,15,17H,6-10,13-14H2,1-5H3/t17-/m0/s1. The van der Waals surface area contributed by atoms with E-state index < -0.39 is 5.60 Å². The predicted molar refractivity (Wildman–Crippen MR) is 102 cm³/mol. The number of rotatable bonds is 5. The third-order valence-electron chi connectivity index (χ3n) is 4.58. The lowest BCUT2D eigenvalue weighted by molar-refractivity contribution is 0.0588. The number of anilines is 1. The summed E-state index contributed by atoms with van der Waals surface area (Å²) < 4.78 is 5.40. The van der Waals surface area contributed by atoms with Crippen molar-refractivity contribution in [1.29, 1.82) is 0 Å². The summed E-state index contributed by atoms with van der Waals surface area (Å²) in [6, 6.07) is 4.48. The smallest absolute Gasteiger partial charge is 0.415 e. The van der Waals surface area contributed by atoms with Gasteiger partial charge in [0.2, 0.25) is 0 Å². The molecule has 5 heteroatoms. The lowest BCUT2D eigenvalue weighted by Gasteiger charge is -2.36. The zero-order valence-electron chi connectivity index (χ0n) is 16.4. The molecule has 1 aromatic rings. The normalized spacial score (nSPS) is 18.8. The van der Waals surface area contributed by atoms with Crippen LogP contribution in [0.2, 0.25) is 0 Å². The summed E-state index contributed by atoms with van der Waals surface area (Å²) in [5.41, 5.74) is 0.741. The second-order valence-corrected chi connectivity index (χ2v) is 7.89. The molecular formula is C20H33N3O2. The largest absolute Gasteiger partial charge is 0.443 e. The van der Waals surface area contributed by atoms with Crippen molar-refractivity contribution in [3.05, 3.63) is 23.9 Å². The van der Waals surface area contributed by atoms with E-state index in [2.05, 4.69) is 22.9 Å². The third kappa shape index (κ3) is 5.70. The van der Waals surface area contributed by atoms with E-state index in [1.165, 1.54) is 49.1 Å². The van der Waals surface area contributed by atoms with Crippen LogP contribution < -0.4 is 4.90 Å². The minimum atomic E-state index is -0.507. The summed E-state index contributed by atoms with van der Waals surface area (Å²) in [6.07, 6.45) is 7.75. The van der Waals surface area contributed by atoms with E-state index in [0.717, 1.165) is 6.54 Å². The Balaban J connectivity index is 2.06. The van der Waals surface area contributed by atoms with Crippen LogP contribution in [0.25, 0.3) is 0 Å². The SMILES string of the molecule is CCCCN1CCCC[C@H]1c1ccc(N(C)C(=O)OC(C)(C)C)nc1. The summed E-state index contributed by atoms with van der Waals surface area (Å²) in [5, 5.41) is 0. The summed E-state index contributed by atoms with van der Waals surface area (Å²) in [7, 11) is 1.70. The van der Waals surface area contributed by atoms with Gasteiger partial charge in [-0.3, -0.25) is 9.80 Å². The number of carbonyl (C=O) groups excluding carboxylic acids is 1. The van der Waals surface area contributed by atoms with Gasteiger partial charge in [-0.25, -0.2) is 9.78 Å². The van der Waals surface area contributed by atoms with Gasteiger partial charge in [-0.2, -0.15) is 0 Å². The van der Waals surface area contributed by atoms with Crippen LogP contribution in [0, 0.1) is 0 Å². The predicted octanol–water partition coefficient (Wildman–Crippen LogP) is 4.78. The quantitative estimate of drug-likeness (QED) is 0.769. The zero-order valence-corrected chi connectivity index (χ0v) is 16.4. The van der Waals surface area contributed by atoms with Crippen molar-refractivity contribution in [2.45, 2.75) is 71.4 Å². The van der Waals surface area contributed by atoms with Crippen molar-refractivity contribution in [2.75, 3.05) is 25.0 Å². The number of piperidine rings is 1. The highest BCUT2D eigenvalue weighted by Crippen LogP contribution is 2.31. The van der Waals surface area contributed by atoms with E-state index in [-0.39, 0.29) is 6.09 Å². The highest BCUT2D eigenvalue weighted by molar-refractivity contribution is 5.85. The minimum Gasteiger partial charge on any atom is -0.443 e. The maximum atomic E-state index is 12.2. The van der Waals surface area contributed by atoms with Crippen LogP contribution in [-0.4, -0.2) is 41.7 Å². The van der Waals surface area contributed by atoms with Gasteiger partial charge in [0.25, 0.3) is 0 Å². The highest BCUT2D eigenvalue weighted by atomic mass is 16.6. The summed E-state index contributed by atoms with van der Waals surface area (Å²) in [5.74, 6) is 0.619. The van der Waals surface area contributed by atoms with Crippen LogP contribution >= 0.6 is 0 Å². The molecule has 1 saturated heterocycles. The fourth-order valence-electron chi connectivity index (χ4n) is 3.21. The second kappa shape index (κ2) is 8.65. The number of hydrogen-bond acceptors (Lipinski definition) is 4. The molecule has 0 aromatic carbocycles. The third-order valence-corrected chi connectivity index (χ3v) is 4.58. The number of aromatic nitrogens is 1. The van der Waals surface area contributed by atoms with Crippen LogP contribution in [0.1, 0.15) is 71.4 Å². The maximum Gasteiger partial charge on any atom is 0.415 e. The van der Waals surface area contributed by atoms with Crippen LogP contribution in [0.15, 0.2) is 18.3 Å². The van der Waals surface area contributed by atoms with Crippen LogP contribution in [0.5, 0.6) is 0 Å². The van der Waals surface area contributed by atoms with E-state index in [9.17, 15) is 4.79 Å². The highest BCUT2D eigenvalue weighted by Gasteiger charge is 2.25. The average Bonchev–Trinajstić information content (AvgIpc) is 2.58. The molecule has 1 aliphatic rings. The Kier molecular flexibility index (Phi) is 6.82. The Morgan fingerprint density at radius 3 is 2.72 bits per heavy atom. The van der Waals surface area contributed by atoms with Crippen LogP contribution in [0.4, 0.5) is 10.6 Å². The number of unbranched alkanes of at least 4 members (excludes halogenated alkanes) is 1. The molecule has 1 aliphatic heterocycles. The molecule has 1 atom stereocenters. The first-order valence-corrected chi connectivity index (χ1v) is 9.48. The van der Waals surface area contributed by atoms with E-state index in [4.69, 9.17) is 4.74 Å². The summed E-state index contributed by atoms with van der Waals surface area (Å²) in [6.45, 7) is 10.2. The fourth-order valence-corrected chi connectivity index (χ4v) is 3.21. The molecule has 5 nitrogen and oxygen atoms in total. The van der Waals surface area contributed by atoms with Crippen molar-refractivity contribution >= 4 is 11.9 Å². The van der Waals surface area contributed by atoms with Gasteiger partial charge >= 0.3 is 6.09 Å². The molecule has 1 aromatic heterocycles. The van der Waals surface area contributed by atoms with E-state index in [0.29, 0.717) is 11.9 Å². The number of pyridine rings is 1. The average molecular weight is 348 g/mol. The first kappa shape index (κ1) is 19.7. The van der Waals surface area contributed by atoms with Gasteiger partial charge in [0.15, 0.2) is 0 Å². The van der Waals surface area contributed by atoms with Gasteiger partial charge in [-0.05, 0) is 64.8 Å². The molecule has 1 fully saturated rings. The van der Waals surface area contributed by atoms with Gasteiger partial charge in [0, 0.05) is 19.3 Å². The Morgan fingerprint density at radius 2 is 2.12 bits per heavy atom. The monoisotopic (exact) mass is 347 g/mol. The molecule has 0 saturated carbocycles. The molecule has 2 rings (SSSR count). The number of ether oxygens (including phenoxy) is 1. The zero-order chi connectivity index (χ0) is 18.4. The Hall–Kier alpha value is -1.62. The Morgan fingerprint density at radius 1 is 1.36 bits per heavy atom. The Labute approximate surface area is 152 Å². The van der Waals surface area contributed by atoms with Gasteiger partial charge < -0.3 is 4.74 Å². The molecule has 0 spiro atoms. The van der Waals surface area contributed by atoms with E-state index >= 15 is 0 Å². The van der Waals surface area contributed by atoms with Crippen LogP contribution in [-0.2, 0) is 4.74 Å². The minimum absolute atomic E-state index is 0.380. The van der Waals surface area contributed by atoms with Gasteiger partial charge in [0.05, 0.1) is 0 Å². The first-order valence-electron chi connectivity index (χ1n) is 9.48. The molecule has 1 amide bonds. The lowest BCUT2D eigenvalue weighted by Crippen LogP contribution is -2.35. The number of hydrogen-bond donors (Lipinski definition) is 0. The topological polar surface area (TPSA) is 45.7 Å². The molecular weight excluding hydrogens is 314 g/mol. The Bertz CT molecular complexity index is 551. The van der Waals surface area contributed by atoms with Gasteiger partial charge in [-0.15, -0.1) is 0 Å². The second-order valence-electron chi connectivity index (χ2n) is 7.89. The van der Waals surface area contributed by atoms with Crippen molar-refractivity contribution in [3.63, 3.8) is 0 Å². The first-order chi connectivity index (χ1) is 11.8. The molecule has 0 radical (unpaired) electrons. The number of likely N-dealkylation sites (tertiary alicyclic amines) is 1. The van der Waals surface area contributed by atoms with Crippen molar-refractivity contribution in [3.8, 4) is 0 Å². The number of amides is 1. The van der Waals surface area contributed by atoms with Crippen LogP contribution in [0.3, 0.4) is 0 Å². The molecule has 0 unspecified atom stereocenters. The molecule has 0 N–H and O–H groups in total. The maximum absolute atomic E-state index is 12.2. The molecule has 140 valence electrons. The molecule has 2 heterocycles. The lowest BCUT2D eigenvalue weighted by atomic mass is 9.96.